The molecule has 2 N–H and O–H groups in total. The monoisotopic (exact) mass is 253 g/mol. The zero-order valence-electron chi connectivity index (χ0n) is 7.90. The van der Waals surface area contributed by atoms with Crippen LogP contribution >= 0.6 is 21.7 Å². The van der Waals surface area contributed by atoms with E-state index in [1.807, 2.05) is 13.2 Å². The van der Waals surface area contributed by atoms with Gasteiger partial charge in [0.1, 0.15) is 0 Å². The summed E-state index contributed by atoms with van der Waals surface area (Å²) >= 11 is 0. The molecule has 6 heteroatoms. The van der Waals surface area contributed by atoms with Crippen LogP contribution < -0.4 is 5.14 Å². The number of sulfonamides is 1. The van der Waals surface area contributed by atoms with Crippen molar-refractivity contribution < 1.29 is 8.42 Å². The van der Waals surface area contributed by atoms with E-state index in [0.29, 0.717) is 0 Å². The van der Waals surface area contributed by atoms with Crippen molar-refractivity contribution in [3.05, 3.63) is 29.8 Å². The molecule has 1 rings (SSSR count). The topological polar surface area (TPSA) is 60.2 Å². The van der Waals surface area contributed by atoms with Crippen LogP contribution in [0.15, 0.2) is 29.2 Å². The highest BCUT2D eigenvalue weighted by molar-refractivity contribution is 8.20. The summed E-state index contributed by atoms with van der Waals surface area (Å²) in [6.07, 6.45) is 1.81. The second kappa shape index (κ2) is 6.29. The molecule has 1 aromatic carbocycles. The average Bonchev–Trinajstić information content (AvgIpc) is 2.04. The quantitative estimate of drug-likeness (QED) is 0.834. The minimum atomic E-state index is -3.52. The average molecular weight is 254 g/mol. The van der Waals surface area contributed by atoms with Crippen LogP contribution in [-0.2, 0) is 10.0 Å². The number of hydrogen-bond acceptors (Lipinski definition) is 3. The SMILES string of the molecule is CSCl.Cc1ccc(S(N)(=O)=O)cc1. The number of hydrogen-bond donors (Lipinski definition) is 1. The summed E-state index contributed by atoms with van der Waals surface area (Å²) < 4.78 is 21.4. The summed E-state index contributed by atoms with van der Waals surface area (Å²) in [5.74, 6) is 0. The van der Waals surface area contributed by atoms with Crippen molar-refractivity contribution in [3.63, 3.8) is 0 Å². The summed E-state index contributed by atoms with van der Waals surface area (Å²) in [6, 6.07) is 6.40. The van der Waals surface area contributed by atoms with E-state index in [-0.39, 0.29) is 4.90 Å². The van der Waals surface area contributed by atoms with E-state index >= 15 is 0 Å². The molecule has 0 unspecified atom stereocenters. The predicted molar refractivity (Wildman–Crippen MR) is 61.9 cm³/mol. The first-order chi connectivity index (χ1) is 6.41. The van der Waals surface area contributed by atoms with Crippen LogP contribution in [0.4, 0.5) is 0 Å². The van der Waals surface area contributed by atoms with Gasteiger partial charge in [0.25, 0.3) is 0 Å². The molecule has 14 heavy (non-hydrogen) atoms. The molecule has 0 aliphatic carbocycles. The van der Waals surface area contributed by atoms with Gasteiger partial charge in [-0.25, -0.2) is 13.6 Å². The molecular weight excluding hydrogens is 242 g/mol. The van der Waals surface area contributed by atoms with Crippen molar-refractivity contribution in [1.29, 1.82) is 0 Å². The van der Waals surface area contributed by atoms with Gasteiger partial charge in [0, 0.05) is 0 Å². The molecular formula is C8H12ClNO2S2. The third kappa shape index (κ3) is 5.49. The molecule has 0 heterocycles. The van der Waals surface area contributed by atoms with Gasteiger partial charge in [-0.05, 0) is 36.0 Å². The summed E-state index contributed by atoms with van der Waals surface area (Å²) in [5, 5.41) is 4.88. The fourth-order valence-corrected chi connectivity index (χ4v) is 1.24. The number of primary sulfonamides is 1. The normalized spacial score (nSPS) is 10.3. The molecule has 0 bridgehead atoms. The van der Waals surface area contributed by atoms with Gasteiger partial charge < -0.3 is 0 Å². The lowest BCUT2D eigenvalue weighted by atomic mass is 10.2. The fourth-order valence-electron chi connectivity index (χ4n) is 0.728. The highest BCUT2D eigenvalue weighted by atomic mass is 35.7. The van der Waals surface area contributed by atoms with Gasteiger partial charge in [-0.2, -0.15) is 0 Å². The first-order valence-electron chi connectivity index (χ1n) is 3.66. The van der Waals surface area contributed by atoms with Crippen LogP contribution in [0, 0.1) is 6.92 Å². The van der Waals surface area contributed by atoms with Crippen LogP contribution in [0.2, 0.25) is 0 Å². The lowest BCUT2D eigenvalue weighted by Gasteiger charge is -1.96. The fraction of sp³-hybridized carbons (Fsp3) is 0.250. The molecule has 0 spiro atoms. The molecule has 0 saturated heterocycles. The maximum absolute atomic E-state index is 10.7. The lowest BCUT2D eigenvalue weighted by Crippen LogP contribution is -2.11. The van der Waals surface area contributed by atoms with E-state index in [2.05, 4.69) is 0 Å². The maximum atomic E-state index is 10.7. The molecule has 1 aromatic rings. The first-order valence-corrected chi connectivity index (χ1v) is 7.25. The van der Waals surface area contributed by atoms with Crippen molar-refractivity contribution >= 4 is 31.7 Å². The Morgan fingerprint density at radius 2 is 1.64 bits per heavy atom. The second-order valence-electron chi connectivity index (χ2n) is 2.51. The molecule has 3 nitrogen and oxygen atoms in total. The third-order valence-electron chi connectivity index (χ3n) is 1.35. The van der Waals surface area contributed by atoms with E-state index in [9.17, 15) is 8.42 Å². The molecule has 0 fully saturated rings. The Morgan fingerprint density at radius 1 is 1.29 bits per heavy atom. The van der Waals surface area contributed by atoms with Crippen molar-refractivity contribution in [2.75, 3.05) is 6.26 Å². The molecule has 0 aliphatic rings. The number of benzene rings is 1. The van der Waals surface area contributed by atoms with Crippen molar-refractivity contribution in [3.8, 4) is 0 Å². The standard InChI is InChI=1S/C7H9NO2S.CH3ClS/c1-6-2-4-7(5-3-6)11(8,9)10;1-3-2/h2-5H,1H3,(H2,8,9,10);1H3. The van der Waals surface area contributed by atoms with E-state index < -0.39 is 10.0 Å². The largest absolute Gasteiger partial charge is 0.238 e. The van der Waals surface area contributed by atoms with E-state index in [4.69, 9.17) is 15.8 Å². The van der Waals surface area contributed by atoms with Crippen LogP contribution in [-0.4, -0.2) is 14.7 Å². The van der Waals surface area contributed by atoms with Crippen molar-refractivity contribution in [1.82, 2.24) is 0 Å². The molecule has 80 valence electrons. The van der Waals surface area contributed by atoms with Gasteiger partial charge in [0.15, 0.2) is 0 Å². The van der Waals surface area contributed by atoms with Crippen LogP contribution in [0.5, 0.6) is 0 Å². The van der Waals surface area contributed by atoms with Gasteiger partial charge in [0.05, 0.1) is 4.90 Å². The summed E-state index contributed by atoms with van der Waals surface area (Å²) in [4.78, 5) is 0.156. The zero-order valence-corrected chi connectivity index (χ0v) is 10.3. The Bertz CT molecular complexity index is 361. The predicted octanol–water partition coefficient (Wildman–Crippen LogP) is 2.15. The number of halogens is 1. The van der Waals surface area contributed by atoms with Gasteiger partial charge in [-0.3, -0.25) is 0 Å². The Hall–Kier alpha value is -0.230. The van der Waals surface area contributed by atoms with Crippen LogP contribution in [0.1, 0.15) is 5.56 Å². The maximum Gasteiger partial charge on any atom is 0.238 e. The van der Waals surface area contributed by atoms with E-state index in [0.717, 1.165) is 5.56 Å². The van der Waals surface area contributed by atoms with Gasteiger partial charge in [-0.15, -0.1) is 0 Å². The minimum Gasteiger partial charge on any atom is -0.225 e. The summed E-state index contributed by atoms with van der Waals surface area (Å²) in [5.41, 5.74) is 1.01. The summed E-state index contributed by atoms with van der Waals surface area (Å²) in [7, 11) is 2.62. The molecule has 0 saturated carbocycles. The molecule has 0 atom stereocenters. The van der Waals surface area contributed by atoms with Crippen molar-refractivity contribution in [2.24, 2.45) is 5.14 Å². The molecule has 0 aliphatic heterocycles. The van der Waals surface area contributed by atoms with E-state index in [1.165, 1.54) is 23.1 Å². The number of nitrogens with two attached hydrogens (primary N) is 1. The number of rotatable bonds is 1. The minimum absolute atomic E-state index is 0.156. The van der Waals surface area contributed by atoms with Gasteiger partial charge in [-0.1, -0.05) is 28.7 Å². The molecule has 0 aromatic heterocycles. The highest BCUT2D eigenvalue weighted by Crippen LogP contribution is 2.06. The Labute approximate surface area is 93.2 Å². The Kier molecular flexibility index (Phi) is 6.19. The highest BCUT2D eigenvalue weighted by Gasteiger charge is 2.04. The van der Waals surface area contributed by atoms with Gasteiger partial charge >= 0.3 is 0 Å². The summed E-state index contributed by atoms with van der Waals surface area (Å²) in [6.45, 7) is 1.88. The van der Waals surface area contributed by atoms with Gasteiger partial charge in [0.2, 0.25) is 10.0 Å². The van der Waals surface area contributed by atoms with Crippen LogP contribution in [0.25, 0.3) is 0 Å². The van der Waals surface area contributed by atoms with Crippen LogP contribution in [0.3, 0.4) is 0 Å². The van der Waals surface area contributed by atoms with E-state index in [1.54, 1.807) is 12.1 Å². The smallest absolute Gasteiger partial charge is 0.225 e. The third-order valence-corrected chi connectivity index (χ3v) is 2.28. The zero-order chi connectivity index (χ0) is 11.2. The number of aryl methyl sites for hydroxylation is 1. The lowest BCUT2D eigenvalue weighted by molar-refractivity contribution is 0.598. The second-order valence-corrected chi connectivity index (χ2v) is 5.31. The van der Waals surface area contributed by atoms with Crippen molar-refractivity contribution in [2.45, 2.75) is 11.8 Å². The Morgan fingerprint density at radius 3 is 1.93 bits per heavy atom. The molecule has 0 radical (unpaired) electrons. The molecule has 0 amide bonds. The first kappa shape index (κ1) is 13.8. The Balaban J connectivity index is 0.000000500.